The van der Waals surface area contributed by atoms with Gasteiger partial charge in [-0.3, -0.25) is 0 Å². The highest BCUT2D eigenvalue weighted by Crippen LogP contribution is 2.37. The van der Waals surface area contributed by atoms with Crippen LogP contribution in [0.5, 0.6) is 0 Å². The molecule has 5 aromatic rings. The number of hydrogen-bond acceptors (Lipinski definition) is 7. The number of nitrogens with one attached hydrogen (secondary N) is 1. The summed E-state index contributed by atoms with van der Waals surface area (Å²) in [6.45, 7) is 4.57. The van der Waals surface area contributed by atoms with Crippen LogP contribution in [0.1, 0.15) is 36.9 Å². The number of benzene rings is 2. The summed E-state index contributed by atoms with van der Waals surface area (Å²) in [5, 5.41) is 23.0. The SMILES string of the molecule is CCC(CCN(C)CCO)c1cc(-c2ccc3c(N)n(Cc4ccccc4)nc3c2)c2c(NC)ncnn12. The number of anilines is 2. The first-order valence-corrected chi connectivity index (χ1v) is 13.2. The van der Waals surface area contributed by atoms with E-state index in [1.807, 2.05) is 41.5 Å². The zero-order valence-corrected chi connectivity index (χ0v) is 22.3. The average Bonchev–Trinajstić information content (AvgIpc) is 3.47. The zero-order chi connectivity index (χ0) is 26.6. The van der Waals surface area contributed by atoms with Crippen LogP contribution in [-0.4, -0.2) is 68.2 Å². The van der Waals surface area contributed by atoms with Gasteiger partial charge in [0.2, 0.25) is 0 Å². The van der Waals surface area contributed by atoms with Crippen molar-refractivity contribution in [3.05, 3.63) is 72.2 Å². The van der Waals surface area contributed by atoms with Crippen molar-refractivity contribution in [2.24, 2.45) is 0 Å². The summed E-state index contributed by atoms with van der Waals surface area (Å²) < 4.78 is 3.89. The number of rotatable bonds is 11. The van der Waals surface area contributed by atoms with Crippen molar-refractivity contribution in [2.45, 2.75) is 32.2 Å². The van der Waals surface area contributed by atoms with E-state index in [1.54, 1.807) is 6.33 Å². The molecule has 4 N–H and O–H groups in total. The van der Waals surface area contributed by atoms with Crippen molar-refractivity contribution < 1.29 is 5.11 Å². The molecule has 2 aromatic carbocycles. The van der Waals surface area contributed by atoms with Crippen LogP contribution >= 0.6 is 0 Å². The van der Waals surface area contributed by atoms with E-state index in [2.05, 4.69) is 63.6 Å². The Morgan fingerprint density at radius 3 is 2.66 bits per heavy atom. The van der Waals surface area contributed by atoms with Crippen LogP contribution in [-0.2, 0) is 6.54 Å². The van der Waals surface area contributed by atoms with Gasteiger partial charge in [0, 0.05) is 36.2 Å². The van der Waals surface area contributed by atoms with Crippen LogP contribution in [0.2, 0.25) is 0 Å². The Labute approximate surface area is 222 Å². The van der Waals surface area contributed by atoms with E-state index < -0.39 is 0 Å². The third-order valence-corrected chi connectivity index (χ3v) is 7.34. The summed E-state index contributed by atoms with van der Waals surface area (Å²) in [5.74, 6) is 1.75. The maximum atomic E-state index is 9.29. The molecule has 9 heteroatoms. The molecule has 0 saturated heterocycles. The second-order valence-electron chi connectivity index (χ2n) is 9.78. The van der Waals surface area contributed by atoms with Crippen LogP contribution in [0.4, 0.5) is 11.6 Å². The number of fused-ring (bicyclic) bond motifs is 2. The quantitative estimate of drug-likeness (QED) is 0.243. The van der Waals surface area contributed by atoms with Crippen molar-refractivity contribution in [2.75, 3.05) is 44.8 Å². The normalized spacial score (nSPS) is 12.6. The molecule has 0 aliphatic carbocycles. The number of likely N-dealkylation sites (N-methyl/N-ethyl adjacent to an activating group) is 1. The van der Waals surface area contributed by atoms with Gasteiger partial charge >= 0.3 is 0 Å². The highest BCUT2D eigenvalue weighted by Gasteiger charge is 2.22. The summed E-state index contributed by atoms with van der Waals surface area (Å²) in [5.41, 5.74) is 12.7. The van der Waals surface area contributed by atoms with Crippen LogP contribution in [0, 0.1) is 0 Å². The molecule has 0 fully saturated rings. The highest BCUT2D eigenvalue weighted by atomic mass is 16.3. The minimum Gasteiger partial charge on any atom is -0.395 e. The van der Waals surface area contributed by atoms with Gasteiger partial charge in [-0.25, -0.2) is 14.2 Å². The van der Waals surface area contributed by atoms with Gasteiger partial charge in [0.05, 0.1) is 18.7 Å². The van der Waals surface area contributed by atoms with Crippen molar-refractivity contribution in [1.82, 2.24) is 29.3 Å². The molecule has 3 heterocycles. The second kappa shape index (κ2) is 11.2. The lowest BCUT2D eigenvalue weighted by Crippen LogP contribution is -2.24. The van der Waals surface area contributed by atoms with Crippen LogP contribution in [0.15, 0.2) is 60.9 Å². The lowest BCUT2D eigenvalue weighted by atomic mass is 9.97. The van der Waals surface area contributed by atoms with Crippen LogP contribution < -0.4 is 11.1 Å². The molecule has 1 unspecified atom stereocenters. The van der Waals surface area contributed by atoms with E-state index in [-0.39, 0.29) is 6.61 Å². The Balaban J connectivity index is 1.56. The molecular formula is C29H36N8O. The smallest absolute Gasteiger partial charge is 0.154 e. The van der Waals surface area contributed by atoms with E-state index >= 15 is 0 Å². The van der Waals surface area contributed by atoms with Gasteiger partial charge in [-0.1, -0.05) is 43.3 Å². The number of nitrogen functional groups attached to an aromatic ring is 1. The largest absolute Gasteiger partial charge is 0.395 e. The Kier molecular flexibility index (Phi) is 7.57. The van der Waals surface area contributed by atoms with E-state index in [4.69, 9.17) is 10.8 Å². The van der Waals surface area contributed by atoms with Gasteiger partial charge in [-0.05, 0) is 55.8 Å². The summed E-state index contributed by atoms with van der Waals surface area (Å²) in [7, 11) is 3.93. The van der Waals surface area contributed by atoms with E-state index in [0.29, 0.717) is 24.8 Å². The van der Waals surface area contributed by atoms with Gasteiger partial charge in [0.15, 0.2) is 5.82 Å². The number of nitrogens with zero attached hydrogens (tertiary/aromatic N) is 6. The van der Waals surface area contributed by atoms with Crippen molar-refractivity contribution in [3.63, 3.8) is 0 Å². The first-order valence-electron chi connectivity index (χ1n) is 13.2. The van der Waals surface area contributed by atoms with E-state index in [0.717, 1.165) is 64.0 Å². The minimum atomic E-state index is 0.165. The predicted octanol–water partition coefficient (Wildman–Crippen LogP) is 4.23. The van der Waals surface area contributed by atoms with Crippen LogP contribution in [0.25, 0.3) is 27.5 Å². The fourth-order valence-corrected chi connectivity index (χ4v) is 5.18. The van der Waals surface area contributed by atoms with Gasteiger partial charge < -0.3 is 21.1 Å². The molecule has 3 aromatic heterocycles. The summed E-state index contributed by atoms with van der Waals surface area (Å²) in [6.07, 6.45) is 3.56. The lowest BCUT2D eigenvalue weighted by Gasteiger charge is -2.20. The Hall–Kier alpha value is -3.95. The van der Waals surface area contributed by atoms with Crippen molar-refractivity contribution >= 4 is 28.1 Å². The van der Waals surface area contributed by atoms with E-state index in [1.165, 1.54) is 0 Å². The molecule has 5 rings (SSSR count). The topological polar surface area (TPSA) is 110 Å². The van der Waals surface area contributed by atoms with Gasteiger partial charge in [-0.15, -0.1) is 0 Å². The van der Waals surface area contributed by atoms with Gasteiger partial charge in [-0.2, -0.15) is 10.2 Å². The Morgan fingerprint density at radius 2 is 1.92 bits per heavy atom. The third-order valence-electron chi connectivity index (χ3n) is 7.34. The number of nitrogens with two attached hydrogens (primary N) is 1. The number of hydrogen-bond donors (Lipinski definition) is 3. The Bertz CT molecular complexity index is 1520. The maximum absolute atomic E-state index is 9.29. The first kappa shape index (κ1) is 25.7. The molecule has 1 atom stereocenters. The number of aliphatic hydroxyl groups is 1. The number of aliphatic hydroxyl groups excluding tert-OH is 1. The van der Waals surface area contributed by atoms with E-state index in [9.17, 15) is 5.11 Å². The molecule has 0 radical (unpaired) electrons. The summed E-state index contributed by atoms with van der Waals surface area (Å²) >= 11 is 0. The molecule has 0 aliphatic rings. The van der Waals surface area contributed by atoms with Gasteiger partial charge in [0.25, 0.3) is 0 Å². The van der Waals surface area contributed by atoms with Gasteiger partial charge in [0.1, 0.15) is 17.7 Å². The molecule has 198 valence electrons. The predicted molar refractivity (Wildman–Crippen MR) is 153 cm³/mol. The first-order chi connectivity index (χ1) is 18.5. The highest BCUT2D eigenvalue weighted by molar-refractivity contribution is 5.96. The molecule has 0 saturated carbocycles. The summed E-state index contributed by atoms with van der Waals surface area (Å²) in [6, 6.07) is 18.7. The fraction of sp³-hybridized carbons (Fsp3) is 0.345. The lowest BCUT2D eigenvalue weighted by molar-refractivity contribution is 0.216. The molecule has 0 bridgehead atoms. The molecule has 0 aliphatic heterocycles. The standard InChI is InChI=1S/C29H36N8O/c1-4-21(12-13-35(3)14-15-38)26-17-24(27-29(31-2)32-19-33-37(26)27)22-10-11-23-25(16-22)34-36(28(23)30)18-20-8-6-5-7-9-20/h5-11,16-17,19,21,38H,4,12-15,18,30H2,1-3H3,(H,31,32,33). The molecule has 9 nitrogen and oxygen atoms in total. The fourth-order valence-electron chi connectivity index (χ4n) is 5.18. The average molecular weight is 513 g/mol. The number of aromatic nitrogens is 5. The van der Waals surface area contributed by atoms with Crippen molar-refractivity contribution in [3.8, 4) is 11.1 Å². The molecule has 0 spiro atoms. The third kappa shape index (κ3) is 4.94. The zero-order valence-electron chi connectivity index (χ0n) is 22.3. The monoisotopic (exact) mass is 512 g/mol. The molecular weight excluding hydrogens is 476 g/mol. The van der Waals surface area contributed by atoms with Crippen LogP contribution in [0.3, 0.4) is 0 Å². The Morgan fingerprint density at radius 1 is 1.11 bits per heavy atom. The molecule has 38 heavy (non-hydrogen) atoms. The second-order valence-corrected chi connectivity index (χ2v) is 9.78. The molecule has 0 amide bonds. The summed E-state index contributed by atoms with van der Waals surface area (Å²) in [4.78, 5) is 6.68. The van der Waals surface area contributed by atoms with Crippen molar-refractivity contribution in [1.29, 1.82) is 0 Å². The maximum Gasteiger partial charge on any atom is 0.154 e. The minimum absolute atomic E-state index is 0.165.